The van der Waals surface area contributed by atoms with E-state index in [9.17, 15) is 13.2 Å². The Bertz CT molecular complexity index is 392. The summed E-state index contributed by atoms with van der Waals surface area (Å²) in [6, 6.07) is 4.79. The van der Waals surface area contributed by atoms with Crippen LogP contribution in [0.5, 0.6) is 0 Å². The normalized spacial score (nSPS) is 24.8. The molecule has 1 aromatic carbocycles. The van der Waals surface area contributed by atoms with Crippen LogP contribution in [-0.4, -0.2) is 0 Å². The highest BCUT2D eigenvalue weighted by Gasteiger charge is 2.48. The van der Waals surface area contributed by atoms with E-state index in [1.165, 1.54) is 18.2 Å². The molecule has 0 saturated heterocycles. The SMILES string of the molecule is CC(C)C1CC(C(F)(F)c2cccc(F)c2)C1. The first-order valence-electron chi connectivity index (χ1n) is 6.05. The third-order valence-corrected chi connectivity index (χ3v) is 3.84. The number of hydrogen-bond donors (Lipinski definition) is 0. The van der Waals surface area contributed by atoms with E-state index < -0.39 is 17.7 Å². The molecule has 17 heavy (non-hydrogen) atoms. The molecule has 0 bridgehead atoms. The van der Waals surface area contributed by atoms with Crippen LogP contribution in [0.1, 0.15) is 32.3 Å². The molecule has 0 radical (unpaired) electrons. The minimum absolute atomic E-state index is 0.190. The van der Waals surface area contributed by atoms with Crippen LogP contribution >= 0.6 is 0 Å². The largest absolute Gasteiger partial charge is 0.276 e. The van der Waals surface area contributed by atoms with Crippen LogP contribution in [-0.2, 0) is 5.92 Å². The molecule has 94 valence electrons. The van der Waals surface area contributed by atoms with Crippen LogP contribution in [0.2, 0.25) is 0 Å². The topological polar surface area (TPSA) is 0 Å². The highest BCUT2D eigenvalue weighted by atomic mass is 19.3. The lowest BCUT2D eigenvalue weighted by Crippen LogP contribution is -2.38. The zero-order chi connectivity index (χ0) is 12.6. The third kappa shape index (κ3) is 2.33. The molecule has 0 unspecified atom stereocenters. The minimum Gasteiger partial charge on any atom is -0.207 e. The van der Waals surface area contributed by atoms with Crippen molar-refractivity contribution in [2.45, 2.75) is 32.6 Å². The van der Waals surface area contributed by atoms with E-state index >= 15 is 0 Å². The van der Waals surface area contributed by atoms with Crippen molar-refractivity contribution in [3.8, 4) is 0 Å². The summed E-state index contributed by atoms with van der Waals surface area (Å²) in [6.07, 6.45) is 1.09. The van der Waals surface area contributed by atoms with Crippen molar-refractivity contribution in [2.75, 3.05) is 0 Å². The highest BCUT2D eigenvalue weighted by molar-refractivity contribution is 5.22. The standard InChI is InChI=1S/C14H17F3/c1-9(2)10-6-12(7-10)14(16,17)11-4-3-5-13(15)8-11/h3-5,8-10,12H,6-7H2,1-2H3. The molecule has 1 saturated carbocycles. The van der Waals surface area contributed by atoms with Gasteiger partial charge < -0.3 is 0 Å². The summed E-state index contributed by atoms with van der Waals surface area (Å²) in [5.74, 6) is -3.28. The second-order valence-electron chi connectivity index (χ2n) is 5.31. The van der Waals surface area contributed by atoms with Gasteiger partial charge in [-0.1, -0.05) is 26.0 Å². The van der Waals surface area contributed by atoms with Gasteiger partial charge in [0.25, 0.3) is 5.92 Å². The molecular weight excluding hydrogens is 225 g/mol. The highest BCUT2D eigenvalue weighted by Crippen LogP contribution is 2.51. The van der Waals surface area contributed by atoms with Gasteiger partial charge in [0.15, 0.2) is 0 Å². The van der Waals surface area contributed by atoms with Crippen molar-refractivity contribution in [1.82, 2.24) is 0 Å². The predicted molar refractivity (Wildman–Crippen MR) is 61.3 cm³/mol. The molecule has 0 spiro atoms. The Hall–Kier alpha value is -0.990. The van der Waals surface area contributed by atoms with Gasteiger partial charge in [0.2, 0.25) is 0 Å². The Morgan fingerprint density at radius 1 is 1.24 bits per heavy atom. The number of benzene rings is 1. The van der Waals surface area contributed by atoms with Gasteiger partial charge in [-0.25, -0.2) is 13.2 Å². The quantitative estimate of drug-likeness (QED) is 0.726. The molecule has 1 aliphatic carbocycles. The van der Waals surface area contributed by atoms with E-state index in [0.29, 0.717) is 24.7 Å². The Labute approximate surface area is 99.8 Å². The molecule has 0 atom stereocenters. The number of rotatable bonds is 3. The molecule has 0 aliphatic heterocycles. The smallest absolute Gasteiger partial charge is 0.207 e. The van der Waals surface area contributed by atoms with Crippen LogP contribution in [0.3, 0.4) is 0 Å². The average Bonchev–Trinajstić information content (AvgIpc) is 2.13. The van der Waals surface area contributed by atoms with Crippen LogP contribution in [0.15, 0.2) is 24.3 Å². The number of halogens is 3. The summed E-state index contributed by atoms with van der Waals surface area (Å²) in [4.78, 5) is 0. The van der Waals surface area contributed by atoms with Gasteiger partial charge in [0, 0.05) is 11.5 Å². The molecule has 0 aromatic heterocycles. The lowest BCUT2D eigenvalue weighted by atomic mass is 9.66. The van der Waals surface area contributed by atoms with Crippen molar-refractivity contribution in [3.63, 3.8) is 0 Å². The maximum atomic E-state index is 14.1. The summed E-state index contributed by atoms with van der Waals surface area (Å²) in [7, 11) is 0. The van der Waals surface area contributed by atoms with E-state index in [2.05, 4.69) is 13.8 Å². The average molecular weight is 242 g/mol. The molecule has 0 amide bonds. The zero-order valence-electron chi connectivity index (χ0n) is 10.1. The Morgan fingerprint density at radius 3 is 2.41 bits per heavy atom. The van der Waals surface area contributed by atoms with Gasteiger partial charge in [-0.15, -0.1) is 0 Å². The van der Waals surface area contributed by atoms with Gasteiger partial charge in [-0.05, 0) is 36.8 Å². The summed E-state index contributed by atoms with van der Waals surface area (Å²) >= 11 is 0. The Balaban J connectivity index is 2.10. The van der Waals surface area contributed by atoms with E-state index in [4.69, 9.17) is 0 Å². The van der Waals surface area contributed by atoms with Crippen molar-refractivity contribution in [3.05, 3.63) is 35.6 Å². The van der Waals surface area contributed by atoms with Crippen LogP contribution < -0.4 is 0 Å². The Kier molecular flexibility index (Phi) is 3.19. The molecular formula is C14H17F3. The van der Waals surface area contributed by atoms with Crippen LogP contribution in [0, 0.1) is 23.6 Å². The number of hydrogen-bond acceptors (Lipinski definition) is 0. The molecule has 0 nitrogen and oxygen atoms in total. The molecule has 3 heteroatoms. The van der Waals surface area contributed by atoms with Gasteiger partial charge in [-0.2, -0.15) is 0 Å². The lowest BCUT2D eigenvalue weighted by Gasteiger charge is -2.42. The van der Waals surface area contributed by atoms with Gasteiger partial charge in [0.05, 0.1) is 0 Å². The fourth-order valence-electron chi connectivity index (χ4n) is 2.43. The van der Waals surface area contributed by atoms with Crippen molar-refractivity contribution in [1.29, 1.82) is 0 Å². The molecule has 1 aromatic rings. The van der Waals surface area contributed by atoms with Gasteiger partial charge in [0.1, 0.15) is 5.82 Å². The summed E-state index contributed by atoms with van der Waals surface area (Å²) in [6.45, 7) is 4.11. The summed E-state index contributed by atoms with van der Waals surface area (Å²) in [5.41, 5.74) is -0.190. The first-order chi connectivity index (χ1) is 7.91. The number of alkyl halides is 2. The van der Waals surface area contributed by atoms with E-state index in [1.807, 2.05) is 0 Å². The second-order valence-corrected chi connectivity index (χ2v) is 5.31. The van der Waals surface area contributed by atoms with E-state index in [-0.39, 0.29) is 5.56 Å². The minimum atomic E-state index is -2.90. The van der Waals surface area contributed by atoms with Crippen LogP contribution in [0.4, 0.5) is 13.2 Å². The zero-order valence-corrected chi connectivity index (χ0v) is 10.1. The maximum Gasteiger partial charge on any atom is 0.276 e. The van der Waals surface area contributed by atoms with Crippen LogP contribution in [0.25, 0.3) is 0 Å². The first kappa shape index (κ1) is 12.5. The van der Waals surface area contributed by atoms with Crippen molar-refractivity contribution < 1.29 is 13.2 Å². The fraction of sp³-hybridized carbons (Fsp3) is 0.571. The molecule has 1 aliphatic rings. The van der Waals surface area contributed by atoms with E-state index in [1.54, 1.807) is 0 Å². The van der Waals surface area contributed by atoms with Gasteiger partial charge in [-0.3, -0.25) is 0 Å². The Morgan fingerprint density at radius 2 is 1.88 bits per heavy atom. The molecule has 0 heterocycles. The van der Waals surface area contributed by atoms with E-state index in [0.717, 1.165) is 6.07 Å². The fourth-order valence-corrected chi connectivity index (χ4v) is 2.43. The van der Waals surface area contributed by atoms with Crippen molar-refractivity contribution >= 4 is 0 Å². The maximum absolute atomic E-state index is 14.1. The summed E-state index contributed by atoms with van der Waals surface area (Å²) in [5, 5.41) is 0. The first-order valence-corrected chi connectivity index (χ1v) is 6.05. The summed E-state index contributed by atoms with van der Waals surface area (Å²) < 4.78 is 41.1. The molecule has 1 fully saturated rings. The van der Waals surface area contributed by atoms with Crippen molar-refractivity contribution in [2.24, 2.45) is 17.8 Å². The molecule has 2 rings (SSSR count). The van der Waals surface area contributed by atoms with Gasteiger partial charge >= 0.3 is 0 Å². The second kappa shape index (κ2) is 4.35. The monoisotopic (exact) mass is 242 g/mol. The predicted octanol–water partition coefficient (Wildman–Crippen LogP) is 4.60. The lowest BCUT2D eigenvalue weighted by molar-refractivity contribution is -0.119. The molecule has 0 N–H and O–H groups in total. The third-order valence-electron chi connectivity index (χ3n) is 3.84.